The molecule has 1 aromatic rings. The van der Waals surface area contributed by atoms with Crippen molar-refractivity contribution >= 4 is 29.2 Å². The van der Waals surface area contributed by atoms with Crippen LogP contribution in [-0.4, -0.2) is 66.8 Å². The van der Waals surface area contributed by atoms with E-state index < -0.39 is 5.97 Å². The Labute approximate surface area is 146 Å². The van der Waals surface area contributed by atoms with Gasteiger partial charge in [-0.3, -0.25) is 14.6 Å². The fourth-order valence-corrected chi connectivity index (χ4v) is 3.45. The van der Waals surface area contributed by atoms with Gasteiger partial charge >= 0.3 is 5.97 Å². The highest BCUT2D eigenvalue weighted by atomic mass is 35.5. The van der Waals surface area contributed by atoms with Gasteiger partial charge in [-0.2, -0.15) is 0 Å². The molecule has 1 fully saturated rings. The lowest BCUT2D eigenvalue weighted by atomic mass is 10.1. The zero-order valence-electron chi connectivity index (χ0n) is 13.3. The van der Waals surface area contributed by atoms with Gasteiger partial charge in [-0.25, -0.2) is 0 Å². The summed E-state index contributed by atoms with van der Waals surface area (Å²) in [5, 5.41) is 10.1. The van der Waals surface area contributed by atoms with Crippen molar-refractivity contribution in [1.29, 1.82) is 0 Å². The number of carboxylic acid groups (broad SMARTS) is 1. The van der Waals surface area contributed by atoms with Crippen LogP contribution >= 0.6 is 23.2 Å². The van der Waals surface area contributed by atoms with Gasteiger partial charge in [0.1, 0.15) is 0 Å². The molecule has 0 bridgehead atoms. The van der Waals surface area contributed by atoms with Gasteiger partial charge < -0.3 is 9.84 Å². The third-order valence-corrected chi connectivity index (χ3v) is 4.61. The third kappa shape index (κ3) is 5.33. The molecule has 5 nitrogen and oxygen atoms in total. The average molecular weight is 361 g/mol. The molecule has 128 valence electrons. The van der Waals surface area contributed by atoms with Crippen molar-refractivity contribution in [3.63, 3.8) is 0 Å². The van der Waals surface area contributed by atoms with E-state index in [0.29, 0.717) is 23.2 Å². The summed E-state index contributed by atoms with van der Waals surface area (Å²) in [5.74, 6) is -0.832. The van der Waals surface area contributed by atoms with Crippen LogP contribution in [0.5, 0.6) is 0 Å². The monoisotopic (exact) mass is 360 g/mol. The Morgan fingerprint density at radius 2 is 2.26 bits per heavy atom. The maximum absolute atomic E-state index is 10.8. The van der Waals surface area contributed by atoms with Gasteiger partial charge in [0.2, 0.25) is 0 Å². The summed E-state index contributed by atoms with van der Waals surface area (Å²) in [6.45, 7) is 4.89. The van der Waals surface area contributed by atoms with Gasteiger partial charge in [0.05, 0.1) is 19.3 Å². The molecule has 0 aromatic heterocycles. The zero-order chi connectivity index (χ0) is 17.0. The van der Waals surface area contributed by atoms with Crippen LogP contribution < -0.4 is 0 Å². The van der Waals surface area contributed by atoms with Crippen molar-refractivity contribution in [1.82, 2.24) is 9.80 Å². The molecule has 1 aliphatic heterocycles. The second-order valence-electron chi connectivity index (χ2n) is 5.92. The van der Waals surface area contributed by atoms with E-state index in [-0.39, 0.29) is 18.7 Å². The molecule has 1 saturated heterocycles. The number of rotatable bonds is 6. The van der Waals surface area contributed by atoms with Crippen molar-refractivity contribution in [2.45, 2.75) is 19.1 Å². The largest absolute Gasteiger partial charge is 0.480 e. The second-order valence-corrected chi connectivity index (χ2v) is 6.76. The molecule has 0 radical (unpaired) electrons. The van der Waals surface area contributed by atoms with Gasteiger partial charge in [-0.05, 0) is 31.7 Å². The van der Waals surface area contributed by atoms with Crippen LogP contribution in [0, 0.1) is 0 Å². The minimum absolute atomic E-state index is 0.0123. The SMILES string of the molecule is CC(c1ccc(Cl)cc1Cl)N1CCOC(CN(C)CC(=O)O)C1. The zero-order valence-corrected chi connectivity index (χ0v) is 14.8. The predicted molar refractivity (Wildman–Crippen MR) is 91.3 cm³/mol. The van der Waals surface area contributed by atoms with Crippen molar-refractivity contribution in [2.24, 2.45) is 0 Å². The number of nitrogens with zero attached hydrogens (tertiary/aromatic N) is 2. The lowest BCUT2D eigenvalue weighted by molar-refractivity contribution is -0.138. The third-order valence-electron chi connectivity index (χ3n) is 4.05. The minimum Gasteiger partial charge on any atom is -0.480 e. The molecule has 0 spiro atoms. The molecule has 2 rings (SSSR count). The topological polar surface area (TPSA) is 53.0 Å². The summed E-state index contributed by atoms with van der Waals surface area (Å²) in [4.78, 5) is 14.8. The smallest absolute Gasteiger partial charge is 0.317 e. The van der Waals surface area contributed by atoms with Crippen molar-refractivity contribution < 1.29 is 14.6 Å². The Balaban J connectivity index is 1.98. The van der Waals surface area contributed by atoms with E-state index in [1.54, 1.807) is 18.0 Å². The highest BCUT2D eigenvalue weighted by Gasteiger charge is 2.27. The highest BCUT2D eigenvalue weighted by Crippen LogP contribution is 2.30. The molecule has 23 heavy (non-hydrogen) atoms. The van der Waals surface area contributed by atoms with E-state index in [1.807, 2.05) is 12.1 Å². The fourth-order valence-electron chi connectivity index (χ4n) is 2.88. The Morgan fingerprint density at radius 3 is 2.91 bits per heavy atom. The number of likely N-dealkylation sites (N-methyl/N-ethyl adjacent to an activating group) is 1. The highest BCUT2D eigenvalue weighted by molar-refractivity contribution is 6.35. The van der Waals surface area contributed by atoms with Crippen LogP contribution in [0.4, 0.5) is 0 Å². The molecular weight excluding hydrogens is 339 g/mol. The van der Waals surface area contributed by atoms with Gasteiger partial charge in [0.25, 0.3) is 0 Å². The van der Waals surface area contributed by atoms with Crippen molar-refractivity contribution in [3.05, 3.63) is 33.8 Å². The fraction of sp³-hybridized carbons (Fsp3) is 0.562. The predicted octanol–water partition coefficient (Wildman–Crippen LogP) is 2.77. The molecule has 1 aromatic carbocycles. The standard InChI is InChI=1S/C16H22Cl2N2O3/c1-11(14-4-3-12(17)7-15(14)18)20-5-6-23-13(9-20)8-19(2)10-16(21)22/h3-4,7,11,13H,5-6,8-10H2,1-2H3,(H,21,22). The Hall–Kier alpha value is -0.850. The number of halogens is 2. The first kappa shape index (κ1) is 18.5. The van der Waals surface area contributed by atoms with Crippen LogP contribution in [0.2, 0.25) is 10.0 Å². The molecule has 2 atom stereocenters. The van der Waals surface area contributed by atoms with Crippen molar-refractivity contribution in [2.75, 3.05) is 39.8 Å². The summed E-state index contributed by atoms with van der Waals surface area (Å²) < 4.78 is 5.77. The Kier molecular flexibility index (Phi) is 6.68. The molecule has 2 unspecified atom stereocenters. The van der Waals surface area contributed by atoms with E-state index >= 15 is 0 Å². The number of hydrogen-bond acceptors (Lipinski definition) is 4. The number of ether oxygens (including phenoxy) is 1. The molecule has 0 aliphatic carbocycles. The lowest BCUT2D eigenvalue weighted by Gasteiger charge is -2.38. The number of carbonyl (C=O) groups is 1. The minimum atomic E-state index is -0.832. The normalized spacial score (nSPS) is 20.7. The van der Waals surface area contributed by atoms with E-state index in [0.717, 1.165) is 18.7 Å². The molecule has 7 heteroatoms. The van der Waals surface area contributed by atoms with E-state index in [4.69, 9.17) is 33.0 Å². The molecule has 1 N–H and O–H groups in total. The van der Waals surface area contributed by atoms with E-state index in [2.05, 4.69) is 11.8 Å². The molecular formula is C16H22Cl2N2O3. The number of morpholine rings is 1. The first-order valence-electron chi connectivity index (χ1n) is 7.57. The summed E-state index contributed by atoms with van der Waals surface area (Å²) in [5.41, 5.74) is 1.04. The quantitative estimate of drug-likeness (QED) is 0.845. The van der Waals surface area contributed by atoms with Crippen LogP contribution in [-0.2, 0) is 9.53 Å². The summed E-state index contributed by atoms with van der Waals surface area (Å²) in [6.07, 6.45) is -0.0124. The first-order chi connectivity index (χ1) is 10.9. The maximum Gasteiger partial charge on any atom is 0.317 e. The Morgan fingerprint density at radius 1 is 1.52 bits per heavy atom. The van der Waals surface area contributed by atoms with Gasteiger partial charge in [0, 0.05) is 35.7 Å². The summed E-state index contributed by atoms with van der Waals surface area (Å²) in [6, 6.07) is 5.71. The first-order valence-corrected chi connectivity index (χ1v) is 8.33. The lowest BCUT2D eigenvalue weighted by Crippen LogP contribution is -2.48. The molecule has 1 aliphatic rings. The van der Waals surface area contributed by atoms with Crippen LogP contribution in [0.15, 0.2) is 18.2 Å². The second kappa shape index (κ2) is 8.31. The summed E-state index contributed by atoms with van der Waals surface area (Å²) in [7, 11) is 1.79. The van der Waals surface area contributed by atoms with E-state index in [9.17, 15) is 4.79 Å². The van der Waals surface area contributed by atoms with Crippen molar-refractivity contribution in [3.8, 4) is 0 Å². The number of hydrogen-bond donors (Lipinski definition) is 1. The number of carboxylic acids is 1. The van der Waals surface area contributed by atoms with Crippen LogP contribution in [0.3, 0.4) is 0 Å². The van der Waals surface area contributed by atoms with Gasteiger partial charge in [-0.1, -0.05) is 29.3 Å². The van der Waals surface area contributed by atoms with E-state index in [1.165, 1.54) is 0 Å². The molecule has 0 amide bonds. The number of aliphatic carboxylic acids is 1. The van der Waals surface area contributed by atoms with Crippen LogP contribution in [0.1, 0.15) is 18.5 Å². The van der Waals surface area contributed by atoms with Crippen LogP contribution in [0.25, 0.3) is 0 Å². The molecule has 0 saturated carbocycles. The number of benzene rings is 1. The molecule has 1 heterocycles. The maximum atomic E-state index is 10.8. The Bertz CT molecular complexity index is 556. The van der Waals surface area contributed by atoms with Gasteiger partial charge in [0.15, 0.2) is 0 Å². The average Bonchev–Trinajstić information content (AvgIpc) is 2.46. The van der Waals surface area contributed by atoms with Gasteiger partial charge in [-0.15, -0.1) is 0 Å². The summed E-state index contributed by atoms with van der Waals surface area (Å²) >= 11 is 12.3.